The van der Waals surface area contributed by atoms with Crippen LogP contribution < -0.4 is 16.0 Å². The molecule has 7 nitrogen and oxygen atoms in total. The van der Waals surface area contributed by atoms with Gasteiger partial charge in [0.25, 0.3) is 0 Å². The Balaban J connectivity index is 0.00000338. The minimum absolute atomic E-state index is 0. The zero-order valence-corrected chi connectivity index (χ0v) is 15.8. The highest BCUT2D eigenvalue weighted by atomic mass is 35.5. The third-order valence-corrected chi connectivity index (χ3v) is 4.51. The number of rotatable bonds is 7. The molecule has 1 amide bonds. The molecule has 1 aromatic carbocycles. The summed E-state index contributed by atoms with van der Waals surface area (Å²) in [6, 6.07) is 7.68. The van der Waals surface area contributed by atoms with E-state index in [9.17, 15) is 9.59 Å². The number of esters is 1. The molecule has 4 N–H and O–H groups in total. The normalized spacial score (nSPS) is 14.3. The van der Waals surface area contributed by atoms with Crippen LogP contribution in [0.5, 0.6) is 0 Å². The van der Waals surface area contributed by atoms with Crippen molar-refractivity contribution in [1.29, 1.82) is 5.41 Å². The van der Waals surface area contributed by atoms with Crippen molar-refractivity contribution in [2.75, 3.05) is 31.6 Å². The summed E-state index contributed by atoms with van der Waals surface area (Å²) in [7, 11) is 1.34. The number of anilines is 1. The topological polar surface area (TPSA) is 109 Å². The number of nitrogens with zero attached hydrogens (tertiary/aromatic N) is 1. The molecule has 0 radical (unpaired) electrons. The Hall–Kier alpha value is -2.28. The smallest absolute Gasteiger partial charge is 0.307 e. The number of amidine groups is 1. The van der Waals surface area contributed by atoms with Gasteiger partial charge in [0.15, 0.2) is 0 Å². The van der Waals surface area contributed by atoms with Gasteiger partial charge in [0.05, 0.1) is 13.5 Å². The highest BCUT2D eigenvalue weighted by Gasteiger charge is 2.21. The van der Waals surface area contributed by atoms with E-state index in [1.807, 2.05) is 24.3 Å². The van der Waals surface area contributed by atoms with Gasteiger partial charge in [0.2, 0.25) is 5.91 Å². The Morgan fingerprint density at radius 1 is 1.27 bits per heavy atom. The number of carbonyl (C=O) groups excluding carboxylic acids is 2. The number of amides is 1. The fraction of sp³-hybridized carbons (Fsp3) is 0.500. The molecule has 1 saturated heterocycles. The molecule has 0 atom stereocenters. The van der Waals surface area contributed by atoms with Gasteiger partial charge in [-0.05, 0) is 43.0 Å². The maximum atomic E-state index is 11.9. The number of hydrogen-bond donors (Lipinski definition) is 3. The lowest BCUT2D eigenvalue weighted by Gasteiger charge is -2.33. The molecular formula is C18H27ClN4O3. The zero-order valence-electron chi connectivity index (χ0n) is 15.0. The van der Waals surface area contributed by atoms with Crippen LogP contribution in [0.25, 0.3) is 0 Å². The van der Waals surface area contributed by atoms with Gasteiger partial charge in [0.1, 0.15) is 5.84 Å². The fourth-order valence-corrected chi connectivity index (χ4v) is 2.99. The monoisotopic (exact) mass is 382 g/mol. The molecule has 1 heterocycles. The summed E-state index contributed by atoms with van der Waals surface area (Å²) in [6.07, 6.45) is 2.62. The average Bonchev–Trinajstić information content (AvgIpc) is 2.62. The summed E-state index contributed by atoms with van der Waals surface area (Å²) in [5.41, 5.74) is 7.31. The Morgan fingerprint density at radius 3 is 2.42 bits per heavy atom. The molecule has 1 aromatic rings. The van der Waals surface area contributed by atoms with E-state index >= 15 is 0 Å². The number of ether oxygens (including phenoxy) is 1. The molecule has 1 fully saturated rings. The Morgan fingerprint density at radius 2 is 1.88 bits per heavy atom. The van der Waals surface area contributed by atoms with E-state index in [1.54, 1.807) is 0 Å². The van der Waals surface area contributed by atoms with E-state index in [2.05, 4.69) is 15.0 Å². The van der Waals surface area contributed by atoms with Gasteiger partial charge in [-0.15, -0.1) is 12.4 Å². The number of nitrogens with two attached hydrogens (primary N) is 1. The summed E-state index contributed by atoms with van der Waals surface area (Å²) in [6.45, 7) is 2.13. The lowest BCUT2D eigenvalue weighted by molar-refractivity contribution is -0.140. The second kappa shape index (κ2) is 10.7. The van der Waals surface area contributed by atoms with E-state index in [4.69, 9.17) is 11.1 Å². The number of nitrogens with one attached hydrogen (secondary N) is 2. The number of methoxy groups -OCH3 is 1. The molecule has 0 saturated carbocycles. The van der Waals surface area contributed by atoms with Crippen LogP contribution in [0.1, 0.15) is 31.2 Å². The molecule has 2 rings (SSSR count). The Labute approximate surface area is 160 Å². The van der Waals surface area contributed by atoms with Gasteiger partial charge in [-0.1, -0.05) is 0 Å². The van der Waals surface area contributed by atoms with Gasteiger partial charge < -0.3 is 20.7 Å². The first-order chi connectivity index (χ1) is 12.0. The van der Waals surface area contributed by atoms with Gasteiger partial charge in [-0.25, -0.2) is 0 Å². The Kier molecular flexibility index (Phi) is 8.92. The van der Waals surface area contributed by atoms with E-state index in [-0.39, 0.29) is 36.5 Å². The second-order valence-corrected chi connectivity index (χ2v) is 6.27. The standard InChI is InChI=1S/C18H26N4O3.ClH/c1-25-17(24)6-9-21-16(23)12-13-7-10-22(11-8-13)15-4-2-14(3-5-15)18(19)20;/h2-5,13H,6-12H2,1H3,(H3,19,20)(H,21,23);1H. The minimum atomic E-state index is -0.315. The number of benzene rings is 1. The number of piperidine rings is 1. The van der Waals surface area contributed by atoms with Gasteiger partial charge in [0, 0.05) is 37.3 Å². The first-order valence-electron chi connectivity index (χ1n) is 8.52. The molecule has 0 unspecified atom stereocenters. The van der Waals surface area contributed by atoms with Crippen molar-refractivity contribution >= 4 is 35.8 Å². The third kappa shape index (κ3) is 6.55. The van der Waals surface area contributed by atoms with Crippen LogP contribution >= 0.6 is 12.4 Å². The predicted molar refractivity (Wildman–Crippen MR) is 104 cm³/mol. The quantitative estimate of drug-likeness (QED) is 0.377. The third-order valence-electron chi connectivity index (χ3n) is 4.51. The van der Waals surface area contributed by atoms with Crippen molar-refractivity contribution in [2.45, 2.75) is 25.7 Å². The van der Waals surface area contributed by atoms with Crippen molar-refractivity contribution in [1.82, 2.24) is 5.32 Å². The summed E-state index contributed by atoms with van der Waals surface area (Å²) in [5.74, 6) is 0.118. The molecule has 0 aliphatic carbocycles. The van der Waals surface area contributed by atoms with E-state index in [1.165, 1.54) is 7.11 Å². The molecule has 26 heavy (non-hydrogen) atoms. The molecule has 0 aromatic heterocycles. The SMILES string of the molecule is COC(=O)CCNC(=O)CC1CCN(c2ccc(C(=N)N)cc2)CC1.Cl. The van der Waals surface area contributed by atoms with E-state index < -0.39 is 0 Å². The lowest BCUT2D eigenvalue weighted by Crippen LogP contribution is -2.36. The van der Waals surface area contributed by atoms with Crippen LogP contribution in [-0.2, 0) is 14.3 Å². The number of hydrogen-bond acceptors (Lipinski definition) is 5. The van der Waals surface area contributed by atoms with Crippen LogP contribution in [0.15, 0.2) is 24.3 Å². The molecule has 144 valence electrons. The van der Waals surface area contributed by atoms with Gasteiger partial charge in [-0.3, -0.25) is 15.0 Å². The summed E-state index contributed by atoms with van der Waals surface area (Å²) in [5, 5.41) is 10.2. The summed E-state index contributed by atoms with van der Waals surface area (Å²) < 4.78 is 4.54. The number of halogens is 1. The maximum absolute atomic E-state index is 11.9. The first-order valence-corrected chi connectivity index (χ1v) is 8.52. The maximum Gasteiger partial charge on any atom is 0.307 e. The number of carbonyl (C=O) groups is 2. The fourth-order valence-electron chi connectivity index (χ4n) is 2.99. The van der Waals surface area contributed by atoms with Crippen LogP contribution in [0.4, 0.5) is 5.69 Å². The van der Waals surface area contributed by atoms with Crippen molar-refractivity contribution in [3.05, 3.63) is 29.8 Å². The zero-order chi connectivity index (χ0) is 18.2. The van der Waals surface area contributed by atoms with Crippen LogP contribution in [0.3, 0.4) is 0 Å². The molecule has 0 spiro atoms. The summed E-state index contributed by atoms with van der Waals surface area (Å²) >= 11 is 0. The predicted octanol–water partition coefficient (Wildman–Crippen LogP) is 1.68. The van der Waals surface area contributed by atoms with Crippen molar-refractivity contribution < 1.29 is 14.3 Å². The Bertz CT molecular complexity index is 613. The van der Waals surface area contributed by atoms with E-state index in [0.717, 1.165) is 37.2 Å². The molecule has 8 heteroatoms. The van der Waals surface area contributed by atoms with Crippen LogP contribution in [-0.4, -0.2) is 44.5 Å². The van der Waals surface area contributed by atoms with Crippen molar-refractivity contribution in [2.24, 2.45) is 11.7 Å². The van der Waals surface area contributed by atoms with Crippen LogP contribution in [0, 0.1) is 11.3 Å². The molecule has 1 aliphatic rings. The van der Waals surface area contributed by atoms with Gasteiger partial charge in [-0.2, -0.15) is 0 Å². The molecule has 0 bridgehead atoms. The second-order valence-electron chi connectivity index (χ2n) is 6.27. The average molecular weight is 383 g/mol. The summed E-state index contributed by atoms with van der Waals surface area (Å²) in [4.78, 5) is 25.2. The molecular weight excluding hydrogens is 356 g/mol. The highest BCUT2D eigenvalue weighted by molar-refractivity contribution is 5.95. The number of nitrogen functional groups attached to an aromatic ring is 1. The lowest BCUT2D eigenvalue weighted by atomic mass is 9.93. The molecule has 1 aliphatic heterocycles. The first kappa shape index (κ1) is 21.8. The van der Waals surface area contributed by atoms with Crippen molar-refractivity contribution in [3.63, 3.8) is 0 Å². The van der Waals surface area contributed by atoms with Gasteiger partial charge >= 0.3 is 5.97 Å². The van der Waals surface area contributed by atoms with Crippen LogP contribution in [0.2, 0.25) is 0 Å². The largest absolute Gasteiger partial charge is 0.469 e. The minimum Gasteiger partial charge on any atom is -0.469 e. The highest BCUT2D eigenvalue weighted by Crippen LogP contribution is 2.25. The van der Waals surface area contributed by atoms with E-state index in [0.29, 0.717) is 18.9 Å². The van der Waals surface area contributed by atoms with Crippen molar-refractivity contribution in [3.8, 4) is 0 Å².